The largest absolute Gasteiger partial charge is 0.407 e. The van der Waals surface area contributed by atoms with Crippen LogP contribution in [0.2, 0.25) is 0 Å². The molecule has 150 valence electrons. The predicted molar refractivity (Wildman–Crippen MR) is 96.7 cm³/mol. The first kappa shape index (κ1) is 20.5. The van der Waals surface area contributed by atoms with Gasteiger partial charge in [-0.2, -0.15) is 13.2 Å². The fraction of sp³-hybridized carbons (Fsp3) is 0.250. The van der Waals surface area contributed by atoms with Crippen molar-refractivity contribution in [2.75, 3.05) is 0 Å². The highest BCUT2D eigenvalue weighted by molar-refractivity contribution is 5.89. The van der Waals surface area contributed by atoms with Crippen molar-refractivity contribution in [1.29, 1.82) is 0 Å². The van der Waals surface area contributed by atoms with E-state index in [4.69, 9.17) is 6.57 Å². The monoisotopic (exact) mass is 405 g/mol. The lowest BCUT2D eigenvalue weighted by Gasteiger charge is -2.23. The standard InChI is InChI=1S/C20H15F4N3O2/c1-19(29,10-27-11-26-16-6-4-13(21)9-17(16)27)18(28)8-12-3-5-15(25-2)14(7-12)20(22,23)24/h3-7,9,11,29H,8,10H2,1H3/t19-/m0/s1. The third-order valence-electron chi connectivity index (χ3n) is 4.51. The van der Waals surface area contributed by atoms with E-state index < -0.39 is 41.0 Å². The van der Waals surface area contributed by atoms with E-state index in [2.05, 4.69) is 9.83 Å². The molecular formula is C20H15F4N3O2. The molecule has 0 fully saturated rings. The van der Waals surface area contributed by atoms with Crippen LogP contribution < -0.4 is 0 Å². The molecule has 9 heteroatoms. The molecule has 0 aliphatic heterocycles. The number of rotatable bonds is 5. The predicted octanol–water partition coefficient (Wildman–Crippen LogP) is 4.31. The molecule has 3 aromatic rings. The smallest absolute Gasteiger partial charge is 0.380 e. The summed E-state index contributed by atoms with van der Waals surface area (Å²) in [4.78, 5) is 19.5. The second kappa shape index (κ2) is 7.29. The molecule has 0 aliphatic rings. The summed E-state index contributed by atoms with van der Waals surface area (Å²) in [5, 5.41) is 10.6. The molecule has 0 amide bonds. The fourth-order valence-electron chi connectivity index (χ4n) is 2.97. The minimum absolute atomic E-state index is 0.0246. The lowest BCUT2D eigenvalue weighted by molar-refractivity contribution is -0.138. The number of aromatic nitrogens is 2. The minimum Gasteiger partial charge on any atom is -0.380 e. The SMILES string of the molecule is [C-]#[N+]c1ccc(CC(=O)[C@@](C)(O)Cn2cnc3ccc(F)cc32)cc1C(F)(F)F. The third kappa shape index (κ3) is 4.27. The zero-order valence-electron chi connectivity index (χ0n) is 15.2. The molecule has 0 unspecified atom stereocenters. The van der Waals surface area contributed by atoms with Gasteiger partial charge in [0.1, 0.15) is 11.4 Å². The highest BCUT2D eigenvalue weighted by Gasteiger charge is 2.35. The van der Waals surface area contributed by atoms with Crippen LogP contribution in [0, 0.1) is 12.4 Å². The maximum absolute atomic E-state index is 13.5. The van der Waals surface area contributed by atoms with Crippen molar-refractivity contribution in [1.82, 2.24) is 9.55 Å². The Hall–Kier alpha value is -3.25. The quantitative estimate of drug-likeness (QED) is 0.508. The van der Waals surface area contributed by atoms with E-state index in [1.807, 2.05) is 0 Å². The molecule has 1 heterocycles. The molecule has 1 aromatic heterocycles. The Bertz CT molecular complexity index is 1130. The van der Waals surface area contributed by atoms with Gasteiger partial charge in [-0.1, -0.05) is 18.2 Å². The average Bonchev–Trinajstić information content (AvgIpc) is 3.02. The summed E-state index contributed by atoms with van der Waals surface area (Å²) in [7, 11) is 0. The molecule has 29 heavy (non-hydrogen) atoms. The van der Waals surface area contributed by atoms with E-state index in [9.17, 15) is 27.5 Å². The van der Waals surface area contributed by atoms with Gasteiger partial charge in [-0.15, -0.1) is 0 Å². The molecule has 0 saturated heterocycles. The normalized spacial score (nSPS) is 13.8. The Labute approximate surface area is 163 Å². The second-order valence-electron chi connectivity index (χ2n) is 6.84. The van der Waals surface area contributed by atoms with Crippen molar-refractivity contribution >= 4 is 22.5 Å². The number of ketones is 1. The topological polar surface area (TPSA) is 59.5 Å². The number of aliphatic hydroxyl groups is 1. The van der Waals surface area contributed by atoms with Gasteiger partial charge in [0.05, 0.1) is 36.0 Å². The highest BCUT2D eigenvalue weighted by atomic mass is 19.4. The third-order valence-corrected chi connectivity index (χ3v) is 4.51. The molecule has 0 bridgehead atoms. The maximum atomic E-state index is 13.5. The van der Waals surface area contributed by atoms with Crippen LogP contribution in [-0.2, 0) is 23.9 Å². The summed E-state index contributed by atoms with van der Waals surface area (Å²) in [6, 6.07) is 6.88. The Morgan fingerprint density at radius 1 is 1.24 bits per heavy atom. The number of carbonyl (C=O) groups excluding carboxylic acids is 1. The molecule has 0 radical (unpaired) electrons. The summed E-state index contributed by atoms with van der Waals surface area (Å²) in [6.45, 7) is 7.83. The first-order valence-corrected chi connectivity index (χ1v) is 8.45. The molecule has 1 N–H and O–H groups in total. The number of hydrogen-bond donors (Lipinski definition) is 1. The van der Waals surface area contributed by atoms with Crippen molar-refractivity contribution in [2.24, 2.45) is 0 Å². The fourth-order valence-corrected chi connectivity index (χ4v) is 2.97. The number of halogens is 4. The van der Waals surface area contributed by atoms with E-state index >= 15 is 0 Å². The molecule has 1 atom stereocenters. The number of benzene rings is 2. The van der Waals surface area contributed by atoms with Crippen LogP contribution in [0.15, 0.2) is 42.7 Å². The summed E-state index contributed by atoms with van der Waals surface area (Å²) in [5.74, 6) is -1.23. The van der Waals surface area contributed by atoms with Crippen molar-refractivity contribution in [3.8, 4) is 0 Å². The zero-order valence-corrected chi connectivity index (χ0v) is 15.2. The van der Waals surface area contributed by atoms with Crippen molar-refractivity contribution in [3.63, 3.8) is 0 Å². The first-order chi connectivity index (χ1) is 13.5. The summed E-state index contributed by atoms with van der Waals surface area (Å²) in [6.07, 6.45) is -3.85. The Kier molecular flexibility index (Phi) is 5.15. The number of imidazole rings is 1. The maximum Gasteiger partial charge on any atom is 0.407 e. The van der Waals surface area contributed by atoms with Gasteiger partial charge in [0.25, 0.3) is 0 Å². The van der Waals surface area contributed by atoms with E-state index in [-0.39, 0.29) is 12.1 Å². The van der Waals surface area contributed by atoms with E-state index in [0.717, 1.165) is 12.1 Å². The van der Waals surface area contributed by atoms with Crippen molar-refractivity contribution in [3.05, 3.63) is 71.1 Å². The lowest BCUT2D eigenvalue weighted by Crippen LogP contribution is -2.40. The number of alkyl halides is 3. The zero-order chi connectivity index (χ0) is 21.4. The van der Waals surface area contributed by atoms with Gasteiger partial charge in [-0.25, -0.2) is 14.2 Å². The van der Waals surface area contributed by atoms with Gasteiger partial charge in [0.2, 0.25) is 0 Å². The van der Waals surface area contributed by atoms with Crippen LogP contribution >= 0.6 is 0 Å². The van der Waals surface area contributed by atoms with Crippen LogP contribution in [0.1, 0.15) is 18.1 Å². The first-order valence-electron chi connectivity index (χ1n) is 8.45. The van der Waals surface area contributed by atoms with E-state index in [0.29, 0.717) is 11.0 Å². The van der Waals surface area contributed by atoms with Gasteiger partial charge < -0.3 is 9.67 Å². The molecule has 0 spiro atoms. The van der Waals surface area contributed by atoms with E-state index in [1.165, 1.54) is 42.1 Å². The Morgan fingerprint density at radius 2 is 1.97 bits per heavy atom. The summed E-state index contributed by atoms with van der Waals surface area (Å²) in [5.41, 5.74) is -2.76. The number of carbonyl (C=O) groups is 1. The van der Waals surface area contributed by atoms with Crippen LogP contribution in [-0.4, -0.2) is 26.0 Å². The van der Waals surface area contributed by atoms with E-state index in [1.54, 1.807) is 0 Å². The van der Waals surface area contributed by atoms with Gasteiger partial charge in [0.15, 0.2) is 11.5 Å². The lowest BCUT2D eigenvalue weighted by atomic mass is 9.94. The summed E-state index contributed by atoms with van der Waals surface area (Å²) < 4.78 is 54.2. The van der Waals surface area contributed by atoms with Crippen LogP contribution in [0.3, 0.4) is 0 Å². The molecule has 5 nitrogen and oxygen atoms in total. The number of Topliss-reactive ketones (excluding diaryl/α,β-unsaturated/α-hetero) is 1. The summed E-state index contributed by atoms with van der Waals surface area (Å²) >= 11 is 0. The molecule has 0 aliphatic carbocycles. The number of fused-ring (bicyclic) bond motifs is 1. The van der Waals surface area contributed by atoms with Gasteiger partial charge in [-0.05, 0) is 30.7 Å². The van der Waals surface area contributed by atoms with Crippen LogP contribution in [0.5, 0.6) is 0 Å². The van der Waals surface area contributed by atoms with Gasteiger partial charge in [-0.3, -0.25) is 4.79 Å². The number of hydrogen-bond acceptors (Lipinski definition) is 3. The molecular weight excluding hydrogens is 390 g/mol. The van der Waals surface area contributed by atoms with Crippen LogP contribution in [0.25, 0.3) is 15.9 Å². The van der Waals surface area contributed by atoms with Crippen molar-refractivity contribution in [2.45, 2.75) is 31.7 Å². The molecule has 3 rings (SSSR count). The Balaban J connectivity index is 1.84. The second-order valence-corrected chi connectivity index (χ2v) is 6.84. The van der Waals surface area contributed by atoms with Gasteiger partial charge >= 0.3 is 6.18 Å². The Morgan fingerprint density at radius 3 is 2.62 bits per heavy atom. The number of nitrogens with zero attached hydrogens (tertiary/aromatic N) is 3. The minimum atomic E-state index is -4.73. The molecule has 2 aromatic carbocycles. The van der Waals surface area contributed by atoms with Crippen molar-refractivity contribution < 1.29 is 27.5 Å². The molecule has 0 saturated carbocycles. The van der Waals surface area contributed by atoms with Gasteiger partial charge in [0, 0.05) is 6.42 Å². The highest BCUT2D eigenvalue weighted by Crippen LogP contribution is 2.37. The average molecular weight is 405 g/mol. The van der Waals surface area contributed by atoms with Crippen LogP contribution in [0.4, 0.5) is 23.2 Å².